The first-order valence-electron chi connectivity index (χ1n) is 10.9. The molecule has 8 nitrogen and oxygen atoms in total. The molecular weight excluding hydrogens is 394 g/mol. The van der Waals surface area contributed by atoms with Crippen LogP contribution in [0.5, 0.6) is 0 Å². The smallest absolute Gasteiger partial charge is 0.306 e. The predicted molar refractivity (Wildman–Crippen MR) is 116 cm³/mol. The third-order valence-electron chi connectivity index (χ3n) is 6.62. The average Bonchev–Trinajstić information content (AvgIpc) is 3.40. The molecule has 162 valence electrons. The lowest BCUT2D eigenvalue weighted by molar-refractivity contribution is -0.142. The summed E-state index contributed by atoms with van der Waals surface area (Å²) in [7, 11) is 0. The van der Waals surface area contributed by atoms with Crippen molar-refractivity contribution in [2.75, 3.05) is 18.0 Å². The molecule has 5 rings (SSSR count). The summed E-state index contributed by atoms with van der Waals surface area (Å²) < 4.78 is 5.55. The summed E-state index contributed by atoms with van der Waals surface area (Å²) in [6.45, 7) is 6.06. The zero-order chi connectivity index (χ0) is 21.6. The van der Waals surface area contributed by atoms with Crippen LogP contribution in [0.25, 0.3) is 23.0 Å². The number of H-pyrrole nitrogens is 1. The van der Waals surface area contributed by atoms with Crippen LogP contribution in [0.4, 0.5) is 5.69 Å². The lowest BCUT2D eigenvalue weighted by atomic mass is 9.76. The van der Waals surface area contributed by atoms with Gasteiger partial charge in [0.1, 0.15) is 0 Å². The monoisotopic (exact) mass is 421 g/mol. The van der Waals surface area contributed by atoms with Crippen LogP contribution < -0.4 is 4.90 Å². The SMILES string of the molecule is CC1(C)CCc2c(-c3nc(-c4ccc(N5CCC(C(=O)O)CC5)cc4)no3)n[nH]c2C1. The molecule has 0 unspecified atom stereocenters. The fourth-order valence-electron chi connectivity index (χ4n) is 4.67. The van der Waals surface area contributed by atoms with E-state index in [2.05, 4.69) is 39.1 Å². The number of fused-ring (bicyclic) bond motifs is 1. The standard InChI is InChI=1S/C23H27N5O3/c1-23(2)10-7-17-18(13-23)25-26-19(17)21-24-20(27-31-21)14-3-5-16(6-4-14)28-11-8-15(9-12-28)22(29)30/h3-6,15H,7-13H2,1-2H3,(H,25,26)(H,29,30). The minimum atomic E-state index is -0.690. The molecule has 1 aliphatic heterocycles. The summed E-state index contributed by atoms with van der Waals surface area (Å²) >= 11 is 0. The maximum absolute atomic E-state index is 11.1. The first-order chi connectivity index (χ1) is 14.9. The van der Waals surface area contributed by atoms with E-state index in [1.807, 2.05) is 24.3 Å². The Kier molecular flexibility index (Phi) is 4.79. The van der Waals surface area contributed by atoms with E-state index in [1.54, 1.807) is 0 Å². The highest BCUT2D eigenvalue weighted by Gasteiger charge is 2.31. The molecule has 0 amide bonds. The van der Waals surface area contributed by atoms with Crippen molar-refractivity contribution in [2.45, 2.75) is 46.0 Å². The molecule has 0 bridgehead atoms. The molecule has 2 N–H and O–H groups in total. The van der Waals surface area contributed by atoms with Gasteiger partial charge < -0.3 is 14.5 Å². The van der Waals surface area contributed by atoms with Crippen LogP contribution in [0, 0.1) is 11.3 Å². The van der Waals surface area contributed by atoms with Crippen LogP contribution in [0.3, 0.4) is 0 Å². The minimum Gasteiger partial charge on any atom is -0.481 e. The van der Waals surface area contributed by atoms with Crippen molar-refractivity contribution in [3.8, 4) is 23.0 Å². The highest BCUT2D eigenvalue weighted by molar-refractivity contribution is 5.70. The summed E-state index contributed by atoms with van der Waals surface area (Å²) in [5.41, 5.74) is 5.37. The Morgan fingerprint density at radius 1 is 1.23 bits per heavy atom. The van der Waals surface area contributed by atoms with Crippen LogP contribution >= 0.6 is 0 Å². The number of carboxylic acid groups (broad SMARTS) is 1. The summed E-state index contributed by atoms with van der Waals surface area (Å²) in [6.07, 6.45) is 4.40. The first-order valence-corrected chi connectivity index (χ1v) is 10.9. The molecule has 8 heteroatoms. The normalized spacial score (nSPS) is 18.7. The van der Waals surface area contributed by atoms with Crippen LogP contribution in [0.15, 0.2) is 28.8 Å². The predicted octanol–water partition coefficient (Wildman–Crippen LogP) is 3.94. The lowest BCUT2D eigenvalue weighted by Gasteiger charge is -2.31. The van der Waals surface area contributed by atoms with Gasteiger partial charge >= 0.3 is 5.97 Å². The molecule has 1 saturated heterocycles. The van der Waals surface area contributed by atoms with Crippen molar-refractivity contribution >= 4 is 11.7 Å². The van der Waals surface area contributed by atoms with E-state index in [0.717, 1.165) is 49.3 Å². The van der Waals surface area contributed by atoms with Gasteiger partial charge in [-0.2, -0.15) is 10.1 Å². The van der Waals surface area contributed by atoms with E-state index in [4.69, 9.17) is 9.63 Å². The van der Waals surface area contributed by atoms with Crippen LogP contribution in [0.2, 0.25) is 0 Å². The minimum absolute atomic E-state index is 0.230. The number of piperidine rings is 1. The number of carbonyl (C=O) groups is 1. The molecular formula is C23H27N5O3. The lowest BCUT2D eigenvalue weighted by Crippen LogP contribution is -2.36. The average molecular weight is 422 g/mol. The molecule has 0 radical (unpaired) electrons. The van der Waals surface area contributed by atoms with Gasteiger partial charge in [0, 0.05) is 35.6 Å². The van der Waals surface area contributed by atoms with Crippen LogP contribution in [-0.2, 0) is 17.6 Å². The van der Waals surface area contributed by atoms with Crippen molar-refractivity contribution < 1.29 is 14.4 Å². The number of rotatable bonds is 4. The van der Waals surface area contributed by atoms with E-state index in [0.29, 0.717) is 24.6 Å². The van der Waals surface area contributed by atoms with E-state index in [1.165, 1.54) is 11.3 Å². The number of anilines is 1. The molecule has 1 fully saturated rings. The van der Waals surface area contributed by atoms with Crippen molar-refractivity contribution in [3.63, 3.8) is 0 Å². The number of nitrogens with zero attached hydrogens (tertiary/aromatic N) is 4. The van der Waals surface area contributed by atoms with Crippen molar-refractivity contribution in [3.05, 3.63) is 35.5 Å². The van der Waals surface area contributed by atoms with Gasteiger partial charge in [0.2, 0.25) is 5.82 Å². The fourth-order valence-corrected chi connectivity index (χ4v) is 4.67. The fraction of sp³-hybridized carbons (Fsp3) is 0.478. The van der Waals surface area contributed by atoms with E-state index in [9.17, 15) is 4.79 Å². The molecule has 1 aliphatic carbocycles. The van der Waals surface area contributed by atoms with Crippen LogP contribution in [0.1, 0.15) is 44.4 Å². The molecule has 31 heavy (non-hydrogen) atoms. The Bertz CT molecular complexity index is 1090. The topological polar surface area (TPSA) is 108 Å². The molecule has 0 saturated carbocycles. The van der Waals surface area contributed by atoms with Crippen molar-refractivity contribution in [1.82, 2.24) is 20.3 Å². The summed E-state index contributed by atoms with van der Waals surface area (Å²) in [6, 6.07) is 8.03. The maximum atomic E-state index is 11.1. The second-order valence-electron chi connectivity index (χ2n) is 9.44. The zero-order valence-corrected chi connectivity index (χ0v) is 17.9. The summed E-state index contributed by atoms with van der Waals surface area (Å²) in [4.78, 5) is 18.0. The van der Waals surface area contributed by atoms with Gasteiger partial charge in [0.05, 0.1) is 5.92 Å². The maximum Gasteiger partial charge on any atom is 0.306 e. The number of aliphatic carboxylic acids is 1. The van der Waals surface area contributed by atoms with Crippen LogP contribution in [-0.4, -0.2) is 44.5 Å². The van der Waals surface area contributed by atoms with Crippen molar-refractivity contribution in [2.24, 2.45) is 11.3 Å². The Morgan fingerprint density at radius 2 is 1.97 bits per heavy atom. The number of benzene rings is 1. The van der Waals surface area contributed by atoms with Gasteiger partial charge in [0.15, 0.2) is 5.69 Å². The molecule has 3 heterocycles. The molecule has 3 aromatic rings. The Morgan fingerprint density at radius 3 is 2.68 bits per heavy atom. The number of hydrogen-bond acceptors (Lipinski definition) is 6. The second kappa shape index (κ2) is 7.51. The Labute approximate surface area is 180 Å². The molecule has 2 aliphatic rings. The number of nitrogens with one attached hydrogen (secondary N) is 1. The van der Waals surface area contributed by atoms with Crippen molar-refractivity contribution in [1.29, 1.82) is 0 Å². The Balaban J connectivity index is 1.31. The van der Waals surface area contributed by atoms with Gasteiger partial charge in [-0.15, -0.1) is 0 Å². The Hall–Kier alpha value is -3.16. The first kappa shape index (κ1) is 19.8. The largest absolute Gasteiger partial charge is 0.481 e. The van der Waals surface area contributed by atoms with Gasteiger partial charge in [-0.25, -0.2) is 0 Å². The van der Waals surface area contributed by atoms with Gasteiger partial charge in [-0.05, 0) is 61.8 Å². The number of hydrogen-bond donors (Lipinski definition) is 2. The molecule has 0 spiro atoms. The highest BCUT2D eigenvalue weighted by Crippen LogP contribution is 2.37. The van der Waals surface area contributed by atoms with Gasteiger partial charge in [-0.3, -0.25) is 9.89 Å². The quantitative estimate of drug-likeness (QED) is 0.657. The third-order valence-corrected chi connectivity index (χ3v) is 6.62. The zero-order valence-electron chi connectivity index (χ0n) is 17.9. The van der Waals surface area contributed by atoms with E-state index in [-0.39, 0.29) is 11.3 Å². The number of aromatic nitrogens is 4. The number of aromatic amines is 1. The molecule has 2 aromatic heterocycles. The summed E-state index contributed by atoms with van der Waals surface area (Å²) in [5, 5.41) is 21.0. The van der Waals surface area contributed by atoms with Gasteiger partial charge in [-0.1, -0.05) is 19.0 Å². The molecule has 1 aromatic carbocycles. The van der Waals surface area contributed by atoms with Gasteiger partial charge in [0.25, 0.3) is 5.89 Å². The highest BCUT2D eigenvalue weighted by atomic mass is 16.5. The van der Waals surface area contributed by atoms with E-state index >= 15 is 0 Å². The number of carboxylic acids is 1. The van der Waals surface area contributed by atoms with E-state index < -0.39 is 5.97 Å². The third kappa shape index (κ3) is 3.82. The second-order valence-corrected chi connectivity index (χ2v) is 9.44. The summed E-state index contributed by atoms with van der Waals surface area (Å²) in [5.74, 6) is 0.0722. The molecule has 0 atom stereocenters.